The molecule has 0 radical (unpaired) electrons. The minimum Gasteiger partial charge on any atom is -0.473 e. The zero-order chi connectivity index (χ0) is 13.9. The van der Waals surface area contributed by atoms with Crippen molar-refractivity contribution < 1.29 is 9.47 Å². The van der Waals surface area contributed by atoms with Crippen LogP contribution in [0.2, 0.25) is 0 Å². The van der Waals surface area contributed by atoms with Gasteiger partial charge in [0.25, 0.3) is 0 Å². The molecular weight excluding hydrogens is 242 g/mol. The maximum Gasteiger partial charge on any atom is 0.239 e. The monoisotopic (exact) mass is 265 g/mol. The molecule has 5 nitrogen and oxygen atoms in total. The van der Waals surface area contributed by atoms with E-state index in [1.807, 2.05) is 26.0 Å². The molecular formula is C14H23N3O2. The zero-order valence-corrected chi connectivity index (χ0v) is 11.9. The average Bonchev–Trinajstić information content (AvgIpc) is 2.77. The largest absolute Gasteiger partial charge is 0.473 e. The third-order valence-electron chi connectivity index (χ3n) is 3.18. The number of pyridine rings is 1. The van der Waals surface area contributed by atoms with Crippen molar-refractivity contribution in [3.8, 4) is 5.88 Å². The van der Waals surface area contributed by atoms with E-state index in [9.17, 15) is 0 Å². The fourth-order valence-electron chi connectivity index (χ4n) is 2.12. The second-order valence-corrected chi connectivity index (χ2v) is 5.51. The molecule has 19 heavy (non-hydrogen) atoms. The van der Waals surface area contributed by atoms with Crippen LogP contribution in [-0.2, 0) is 4.74 Å². The van der Waals surface area contributed by atoms with E-state index in [0.29, 0.717) is 11.6 Å². The summed E-state index contributed by atoms with van der Waals surface area (Å²) in [5.74, 6) is 1.25. The maximum atomic E-state index is 5.84. The Morgan fingerprint density at radius 1 is 1.53 bits per heavy atom. The number of hydrogen-bond acceptors (Lipinski definition) is 5. The molecule has 1 aliphatic heterocycles. The molecule has 1 unspecified atom stereocenters. The fourth-order valence-corrected chi connectivity index (χ4v) is 2.12. The van der Waals surface area contributed by atoms with Gasteiger partial charge in [0.05, 0.1) is 17.4 Å². The fraction of sp³-hybridized carbons (Fsp3) is 0.643. The van der Waals surface area contributed by atoms with Crippen LogP contribution in [0.25, 0.3) is 0 Å². The van der Waals surface area contributed by atoms with Crippen LogP contribution in [0.1, 0.15) is 33.6 Å². The van der Waals surface area contributed by atoms with Crippen LogP contribution >= 0.6 is 0 Å². The number of nitrogens with two attached hydrogens (primary N) is 1. The molecule has 0 bridgehead atoms. The highest BCUT2D eigenvalue weighted by atomic mass is 16.5. The summed E-state index contributed by atoms with van der Waals surface area (Å²) in [5, 5.41) is 3.30. The number of anilines is 2. The Balaban J connectivity index is 2.00. The topological polar surface area (TPSA) is 69.4 Å². The number of nitrogen functional groups attached to an aromatic ring is 1. The Kier molecular flexibility index (Phi) is 4.14. The molecule has 2 rings (SSSR count). The van der Waals surface area contributed by atoms with Crippen LogP contribution in [0, 0.1) is 0 Å². The van der Waals surface area contributed by atoms with Crippen molar-refractivity contribution in [3.05, 3.63) is 12.1 Å². The second-order valence-electron chi connectivity index (χ2n) is 5.51. The van der Waals surface area contributed by atoms with E-state index in [0.717, 1.165) is 31.8 Å². The van der Waals surface area contributed by atoms with Gasteiger partial charge in [-0.3, -0.25) is 0 Å². The molecule has 106 valence electrons. The first-order valence-corrected chi connectivity index (χ1v) is 6.79. The molecule has 0 saturated carbocycles. The van der Waals surface area contributed by atoms with E-state index in [4.69, 9.17) is 15.2 Å². The summed E-state index contributed by atoms with van der Waals surface area (Å²) in [6.07, 6.45) is 2.25. The van der Waals surface area contributed by atoms with Crippen LogP contribution in [0.3, 0.4) is 0 Å². The van der Waals surface area contributed by atoms with E-state index in [2.05, 4.69) is 17.2 Å². The summed E-state index contributed by atoms with van der Waals surface area (Å²) in [5.41, 5.74) is 6.30. The van der Waals surface area contributed by atoms with Crippen molar-refractivity contribution in [2.75, 3.05) is 24.2 Å². The lowest BCUT2D eigenvalue weighted by Crippen LogP contribution is -2.32. The summed E-state index contributed by atoms with van der Waals surface area (Å²) >= 11 is 0. The minimum atomic E-state index is -0.0951. The molecule has 2 heterocycles. The van der Waals surface area contributed by atoms with Gasteiger partial charge in [0.15, 0.2) is 0 Å². The first-order chi connectivity index (χ1) is 8.98. The number of ether oxygens (including phenoxy) is 2. The smallest absolute Gasteiger partial charge is 0.239 e. The molecule has 5 heteroatoms. The van der Waals surface area contributed by atoms with Gasteiger partial charge in [-0.25, -0.2) is 0 Å². The summed E-state index contributed by atoms with van der Waals surface area (Å²) in [6, 6.07) is 3.67. The summed E-state index contributed by atoms with van der Waals surface area (Å²) in [7, 11) is 0. The number of rotatable bonds is 5. The summed E-state index contributed by atoms with van der Waals surface area (Å²) in [6.45, 7) is 7.61. The van der Waals surface area contributed by atoms with Crippen molar-refractivity contribution in [2.45, 2.75) is 45.3 Å². The standard InChI is InChI=1S/C14H23N3O2/c1-10(2)19-13-11(15)5-6-12(17-13)16-9-14(3)7-4-8-18-14/h5-6,10H,4,7-9,15H2,1-3H3,(H,16,17). The molecule has 1 atom stereocenters. The Labute approximate surface area is 114 Å². The Bertz CT molecular complexity index is 429. The highest BCUT2D eigenvalue weighted by Gasteiger charge is 2.29. The van der Waals surface area contributed by atoms with Crippen LogP contribution in [0.15, 0.2) is 12.1 Å². The van der Waals surface area contributed by atoms with Gasteiger partial charge in [-0.2, -0.15) is 4.98 Å². The van der Waals surface area contributed by atoms with Gasteiger partial charge >= 0.3 is 0 Å². The number of aromatic nitrogens is 1. The van der Waals surface area contributed by atoms with Gasteiger partial charge in [0.2, 0.25) is 5.88 Å². The molecule has 1 aromatic heterocycles. The molecule has 0 amide bonds. The lowest BCUT2D eigenvalue weighted by Gasteiger charge is -2.24. The molecule has 0 spiro atoms. The first-order valence-electron chi connectivity index (χ1n) is 6.79. The number of nitrogens with one attached hydrogen (secondary N) is 1. The van der Waals surface area contributed by atoms with E-state index in [1.165, 1.54) is 0 Å². The highest BCUT2D eigenvalue weighted by molar-refractivity contribution is 5.53. The van der Waals surface area contributed by atoms with Crippen LogP contribution in [0.5, 0.6) is 5.88 Å². The lowest BCUT2D eigenvalue weighted by atomic mass is 10.0. The third-order valence-corrected chi connectivity index (χ3v) is 3.18. The molecule has 3 N–H and O–H groups in total. The first kappa shape index (κ1) is 13.9. The van der Waals surface area contributed by atoms with Crippen molar-refractivity contribution in [3.63, 3.8) is 0 Å². The summed E-state index contributed by atoms with van der Waals surface area (Å²) < 4.78 is 11.3. The highest BCUT2D eigenvalue weighted by Crippen LogP contribution is 2.26. The van der Waals surface area contributed by atoms with Crippen LogP contribution < -0.4 is 15.8 Å². The maximum absolute atomic E-state index is 5.84. The Morgan fingerprint density at radius 2 is 2.32 bits per heavy atom. The summed E-state index contributed by atoms with van der Waals surface area (Å²) in [4.78, 5) is 4.39. The van der Waals surface area contributed by atoms with E-state index in [1.54, 1.807) is 0 Å². The molecule has 1 saturated heterocycles. The quantitative estimate of drug-likeness (QED) is 0.855. The predicted octanol–water partition coefficient (Wildman–Crippen LogP) is 2.43. The van der Waals surface area contributed by atoms with Crippen molar-refractivity contribution in [1.82, 2.24) is 4.98 Å². The van der Waals surface area contributed by atoms with E-state index in [-0.39, 0.29) is 11.7 Å². The van der Waals surface area contributed by atoms with Gasteiger partial charge in [-0.1, -0.05) is 0 Å². The van der Waals surface area contributed by atoms with Gasteiger partial charge < -0.3 is 20.5 Å². The molecule has 1 aromatic rings. The average molecular weight is 265 g/mol. The molecule has 0 aliphatic carbocycles. The Hall–Kier alpha value is -1.49. The number of nitrogens with zero attached hydrogens (tertiary/aromatic N) is 1. The lowest BCUT2D eigenvalue weighted by molar-refractivity contribution is 0.0314. The predicted molar refractivity (Wildman–Crippen MR) is 76.5 cm³/mol. The third kappa shape index (κ3) is 3.73. The number of hydrogen-bond donors (Lipinski definition) is 2. The Morgan fingerprint density at radius 3 is 2.95 bits per heavy atom. The van der Waals surface area contributed by atoms with Gasteiger partial charge in [0, 0.05) is 13.2 Å². The van der Waals surface area contributed by atoms with Gasteiger partial charge in [0.1, 0.15) is 5.82 Å². The van der Waals surface area contributed by atoms with E-state index >= 15 is 0 Å². The van der Waals surface area contributed by atoms with E-state index < -0.39 is 0 Å². The molecule has 1 aliphatic rings. The zero-order valence-electron chi connectivity index (χ0n) is 11.9. The minimum absolute atomic E-state index is 0.0562. The SMILES string of the molecule is CC(C)Oc1nc(NCC2(C)CCCO2)ccc1N. The van der Waals surface area contributed by atoms with Crippen molar-refractivity contribution >= 4 is 11.5 Å². The van der Waals surface area contributed by atoms with Crippen LogP contribution in [-0.4, -0.2) is 29.8 Å². The van der Waals surface area contributed by atoms with Crippen molar-refractivity contribution in [2.24, 2.45) is 0 Å². The second kappa shape index (κ2) is 5.65. The molecule has 1 fully saturated rings. The molecule has 0 aromatic carbocycles. The van der Waals surface area contributed by atoms with Crippen molar-refractivity contribution in [1.29, 1.82) is 0 Å². The van der Waals surface area contributed by atoms with Gasteiger partial charge in [-0.15, -0.1) is 0 Å². The van der Waals surface area contributed by atoms with Gasteiger partial charge in [-0.05, 0) is 45.7 Å². The normalized spacial score (nSPS) is 22.7. The van der Waals surface area contributed by atoms with Crippen LogP contribution in [0.4, 0.5) is 11.5 Å².